The summed E-state index contributed by atoms with van der Waals surface area (Å²) in [7, 11) is -1.51. The summed E-state index contributed by atoms with van der Waals surface area (Å²) in [6.07, 6.45) is 0. The van der Waals surface area contributed by atoms with Crippen molar-refractivity contribution < 1.29 is 13.6 Å². The Labute approximate surface area is 171 Å². The van der Waals surface area contributed by atoms with Crippen molar-refractivity contribution in [2.75, 3.05) is 0 Å². The quantitative estimate of drug-likeness (QED) is 0.467. The van der Waals surface area contributed by atoms with Crippen molar-refractivity contribution >= 4 is 8.60 Å². The van der Waals surface area contributed by atoms with E-state index in [1.165, 1.54) is 11.1 Å². The van der Waals surface area contributed by atoms with Gasteiger partial charge in [-0.1, -0.05) is 85.7 Å². The van der Waals surface area contributed by atoms with Crippen LogP contribution >= 0.6 is 8.60 Å². The second kappa shape index (κ2) is 7.59. The molecule has 0 fully saturated rings. The molecular formula is C24H33O3P. The van der Waals surface area contributed by atoms with Crippen LogP contribution in [0.3, 0.4) is 0 Å². The normalized spacial score (nSPS) is 14.8. The highest BCUT2D eigenvalue weighted by atomic mass is 31.2. The van der Waals surface area contributed by atoms with Gasteiger partial charge >= 0.3 is 8.60 Å². The molecule has 0 unspecified atom stereocenters. The van der Waals surface area contributed by atoms with Gasteiger partial charge in [0.05, 0.1) is 0 Å². The van der Waals surface area contributed by atoms with Crippen LogP contribution < -0.4 is 13.6 Å². The minimum absolute atomic E-state index is 0.0414. The molecule has 0 aromatic heterocycles. The van der Waals surface area contributed by atoms with Crippen molar-refractivity contribution in [3.8, 4) is 17.2 Å². The third-order valence-electron chi connectivity index (χ3n) is 6.65. The first-order valence-electron chi connectivity index (χ1n) is 10.1. The fourth-order valence-electron chi connectivity index (χ4n) is 3.16. The molecule has 1 heterocycles. The third-order valence-corrected chi connectivity index (χ3v) is 7.67. The Balaban J connectivity index is 2.06. The Bertz CT molecular complexity index is 776. The standard InChI is InChI=1S/C24H33O3P/c1-16(2)23(5,6)18-12-11-13-19(24(7,8)17(3)4)22(18)27-28-25-20-14-9-10-15-21(20)26-28/h9-17H,1-8H3. The van der Waals surface area contributed by atoms with Crippen molar-refractivity contribution in [3.05, 3.63) is 53.6 Å². The lowest BCUT2D eigenvalue weighted by Crippen LogP contribution is -2.29. The summed E-state index contributed by atoms with van der Waals surface area (Å²) in [6, 6.07) is 14.3. The molecule has 1 aliphatic rings. The third kappa shape index (κ3) is 3.74. The van der Waals surface area contributed by atoms with E-state index < -0.39 is 8.60 Å². The van der Waals surface area contributed by atoms with E-state index in [-0.39, 0.29) is 10.8 Å². The van der Waals surface area contributed by atoms with Gasteiger partial charge in [-0.2, -0.15) is 0 Å². The zero-order valence-corrected chi connectivity index (χ0v) is 19.3. The van der Waals surface area contributed by atoms with E-state index in [0.717, 1.165) is 17.2 Å². The van der Waals surface area contributed by atoms with Crippen LogP contribution in [0.2, 0.25) is 0 Å². The zero-order chi connectivity index (χ0) is 20.7. The first kappa shape index (κ1) is 21.0. The smallest absolute Gasteiger partial charge is 0.408 e. The van der Waals surface area contributed by atoms with Crippen molar-refractivity contribution in [1.82, 2.24) is 0 Å². The van der Waals surface area contributed by atoms with Gasteiger partial charge in [0.15, 0.2) is 11.5 Å². The van der Waals surface area contributed by atoms with Gasteiger partial charge in [0.2, 0.25) is 0 Å². The highest BCUT2D eigenvalue weighted by molar-refractivity contribution is 7.43. The predicted octanol–water partition coefficient (Wildman–Crippen LogP) is 7.63. The van der Waals surface area contributed by atoms with E-state index in [2.05, 4.69) is 73.6 Å². The summed E-state index contributed by atoms with van der Waals surface area (Å²) in [5, 5.41) is 0. The zero-order valence-electron chi connectivity index (χ0n) is 18.4. The molecule has 0 amide bonds. The Hall–Kier alpha value is -1.73. The average molecular weight is 400 g/mol. The SMILES string of the molecule is CC(C)C(C)(C)c1cccc(C(C)(C)C(C)C)c1OP1Oc2ccccc2O1. The van der Waals surface area contributed by atoms with Crippen LogP contribution in [0, 0.1) is 11.8 Å². The second-order valence-electron chi connectivity index (χ2n) is 9.38. The molecule has 3 rings (SSSR count). The lowest BCUT2D eigenvalue weighted by atomic mass is 9.70. The van der Waals surface area contributed by atoms with E-state index in [0.29, 0.717) is 11.8 Å². The predicted molar refractivity (Wildman–Crippen MR) is 117 cm³/mol. The van der Waals surface area contributed by atoms with E-state index in [4.69, 9.17) is 13.6 Å². The summed E-state index contributed by atoms with van der Waals surface area (Å²) in [5.41, 5.74) is 2.33. The van der Waals surface area contributed by atoms with E-state index in [1.54, 1.807) is 0 Å². The van der Waals surface area contributed by atoms with E-state index in [1.807, 2.05) is 24.3 Å². The molecule has 2 aromatic rings. The minimum atomic E-state index is -1.51. The fraction of sp³-hybridized carbons (Fsp3) is 0.500. The molecule has 0 spiro atoms. The van der Waals surface area contributed by atoms with Crippen LogP contribution in [0.4, 0.5) is 0 Å². The molecule has 4 heteroatoms. The number of benzene rings is 2. The number of fused-ring (bicyclic) bond motifs is 1. The molecule has 0 saturated carbocycles. The van der Waals surface area contributed by atoms with Crippen molar-refractivity contribution in [1.29, 1.82) is 0 Å². The fourth-order valence-corrected chi connectivity index (χ4v) is 4.24. The second-order valence-corrected chi connectivity index (χ2v) is 10.4. The van der Waals surface area contributed by atoms with Gasteiger partial charge in [-0.15, -0.1) is 0 Å². The van der Waals surface area contributed by atoms with Gasteiger partial charge in [-0.3, -0.25) is 0 Å². The first-order valence-corrected chi connectivity index (χ1v) is 11.2. The van der Waals surface area contributed by atoms with Crippen LogP contribution in [0.15, 0.2) is 42.5 Å². The molecule has 1 aliphatic heterocycles. The number of hydrogen-bond donors (Lipinski definition) is 0. The van der Waals surface area contributed by atoms with E-state index >= 15 is 0 Å². The van der Waals surface area contributed by atoms with Crippen LogP contribution in [-0.4, -0.2) is 0 Å². The van der Waals surface area contributed by atoms with Crippen LogP contribution in [0.5, 0.6) is 17.2 Å². The molecular weight excluding hydrogens is 367 g/mol. The molecule has 0 aliphatic carbocycles. The summed E-state index contributed by atoms with van der Waals surface area (Å²) < 4.78 is 18.5. The Kier molecular flexibility index (Phi) is 5.69. The average Bonchev–Trinajstić information content (AvgIpc) is 3.03. The topological polar surface area (TPSA) is 27.7 Å². The highest BCUT2D eigenvalue weighted by Gasteiger charge is 2.38. The summed E-state index contributed by atoms with van der Waals surface area (Å²) in [4.78, 5) is 0. The van der Waals surface area contributed by atoms with Gasteiger partial charge in [0.1, 0.15) is 5.75 Å². The van der Waals surface area contributed by atoms with Crippen molar-refractivity contribution in [2.45, 2.75) is 66.2 Å². The summed E-state index contributed by atoms with van der Waals surface area (Å²) in [6.45, 7) is 18.2. The highest BCUT2D eigenvalue weighted by Crippen LogP contribution is 2.55. The number of rotatable bonds is 6. The molecule has 0 atom stereocenters. The van der Waals surface area contributed by atoms with Gasteiger partial charge in [-0.05, 0) is 34.8 Å². The summed E-state index contributed by atoms with van der Waals surface area (Å²) in [5.74, 6) is 3.34. The lowest BCUT2D eigenvalue weighted by molar-refractivity contribution is 0.335. The molecule has 0 bridgehead atoms. The summed E-state index contributed by atoms with van der Waals surface area (Å²) >= 11 is 0. The Morgan fingerprint density at radius 3 is 1.54 bits per heavy atom. The van der Waals surface area contributed by atoms with E-state index in [9.17, 15) is 0 Å². The van der Waals surface area contributed by atoms with Gasteiger partial charge in [0, 0.05) is 11.1 Å². The Morgan fingerprint density at radius 1 is 0.714 bits per heavy atom. The minimum Gasteiger partial charge on any atom is -0.408 e. The van der Waals surface area contributed by atoms with Crippen molar-refractivity contribution in [3.63, 3.8) is 0 Å². The maximum absolute atomic E-state index is 6.51. The molecule has 28 heavy (non-hydrogen) atoms. The molecule has 0 N–H and O–H groups in total. The van der Waals surface area contributed by atoms with Gasteiger partial charge < -0.3 is 13.6 Å². The maximum Gasteiger partial charge on any atom is 0.530 e. The first-order chi connectivity index (χ1) is 13.0. The number of para-hydroxylation sites is 3. The van der Waals surface area contributed by atoms with Gasteiger partial charge in [-0.25, -0.2) is 0 Å². The van der Waals surface area contributed by atoms with Gasteiger partial charge in [0.25, 0.3) is 0 Å². The monoisotopic (exact) mass is 400 g/mol. The van der Waals surface area contributed by atoms with Crippen LogP contribution in [0.1, 0.15) is 66.5 Å². The largest absolute Gasteiger partial charge is 0.530 e. The molecule has 0 radical (unpaired) electrons. The molecule has 0 saturated heterocycles. The maximum atomic E-state index is 6.51. The molecule has 152 valence electrons. The number of hydrogen-bond acceptors (Lipinski definition) is 3. The Morgan fingerprint density at radius 2 is 1.14 bits per heavy atom. The van der Waals surface area contributed by atoms with Crippen LogP contribution in [0.25, 0.3) is 0 Å². The van der Waals surface area contributed by atoms with Crippen molar-refractivity contribution in [2.24, 2.45) is 11.8 Å². The van der Waals surface area contributed by atoms with Crippen LogP contribution in [-0.2, 0) is 10.8 Å². The molecule has 3 nitrogen and oxygen atoms in total. The lowest BCUT2D eigenvalue weighted by Gasteiger charge is -2.37. The molecule has 2 aromatic carbocycles.